The molecule has 0 bridgehead atoms. The van der Waals surface area contributed by atoms with Crippen molar-refractivity contribution in [1.29, 1.82) is 0 Å². The van der Waals surface area contributed by atoms with Crippen molar-refractivity contribution in [2.24, 2.45) is 0 Å². The second kappa shape index (κ2) is 10.8. The van der Waals surface area contributed by atoms with Crippen LogP contribution in [0.5, 0.6) is 0 Å². The van der Waals surface area contributed by atoms with E-state index in [0.29, 0.717) is 6.42 Å². The number of anilines is 1. The van der Waals surface area contributed by atoms with E-state index < -0.39 is 28.5 Å². The van der Waals surface area contributed by atoms with E-state index >= 15 is 0 Å². The van der Waals surface area contributed by atoms with Crippen LogP contribution in [0, 0.1) is 0 Å². The maximum absolute atomic E-state index is 13.2. The molecule has 0 saturated carbocycles. The van der Waals surface area contributed by atoms with E-state index in [0.717, 1.165) is 16.1 Å². The zero-order valence-electron chi connectivity index (χ0n) is 17.5. The predicted molar refractivity (Wildman–Crippen MR) is 124 cm³/mol. The normalized spacial score (nSPS) is 12.2. The van der Waals surface area contributed by atoms with Crippen molar-refractivity contribution in [1.82, 2.24) is 10.2 Å². The summed E-state index contributed by atoms with van der Waals surface area (Å²) in [6, 6.07) is 13.0. The van der Waals surface area contributed by atoms with Crippen LogP contribution in [0.1, 0.15) is 12.5 Å². The van der Waals surface area contributed by atoms with Crippen molar-refractivity contribution in [3.63, 3.8) is 0 Å². The monoisotopic (exact) mass is 485 g/mol. The smallest absolute Gasteiger partial charge is 0.244 e. The lowest BCUT2D eigenvalue weighted by molar-refractivity contribution is -0.138. The molecule has 0 aliphatic rings. The third-order valence-electron chi connectivity index (χ3n) is 4.71. The number of nitrogens with one attached hydrogen (secondary N) is 1. The molecule has 0 saturated heterocycles. The summed E-state index contributed by atoms with van der Waals surface area (Å²) in [6.07, 6.45) is 1.50. The van der Waals surface area contributed by atoms with Gasteiger partial charge < -0.3 is 10.2 Å². The number of halogens is 2. The molecule has 0 aliphatic heterocycles. The van der Waals surface area contributed by atoms with E-state index in [-0.39, 0.29) is 28.2 Å². The molecule has 2 amide bonds. The Kier molecular flexibility index (Phi) is 8.73. The summed E-state index contributed by atoms with van der Waals surface area (Å²) in [4.78, 5) is 26.8. The highest BCUT2D eigenvalue weighted by Gasteiger charge is 2.29. The fraction of sp³-hybridized carbons (Fsp3) is 0.333. The number of carbonyl (C=O) groups excluding carboxylic acids is 2. The molecular formula is C21H25Cl2N3O4S. The number of hydrogen-bond acceptors (Lipinski definition) is 4. The first-order chi connectivity index (χ1) is 14.5. The summed E-state index contributed by atoms with van der Waals surface area (Å²) in [5.74, 6) is -0.869. The second-order valence-corrected chi connectivity index (χ2v) is 9.79. The number of rotatable bonds is 9. The Hall–Kier alpha value is -2.29. The molecule has 31 heavy (non-hydrogen) atoms. The summed E-state index contributed by atoms with van der Waals surface area (Å²) in [7, 11) is -2.35. The van der Waals surface area contributed by atoms with Crippen LogP contribution in [0.15, 0.2) is 48.5 Å². The quantitative estimate of drug-likeness (QED) is 0.591. The molecule has 0 spiro atoms. The van der Waals surface area contributed by atoms with Crippen LogP contribution in [0.2, 0.25) is 10.0 Å². The lowest BCUT2D eigenvalue weighted by atomic mass is 10.1. The van der Waals surface area contributed by atoms with Gasteiger partial charge in [-0.2, -0.15) is 0 Å². The van der Waals surface area contributed by atoms with Gasteiger partial charge in [-0.1, -0.05) is 53.5 Å². The van der Waals surface area contributed by atoms with Gasteiger partial charge in [-0.05, 0) is 37.1 Å². The molecule has 0 aliphatic carbocycles. The first-order valence-corrected chi connectivity index (χ1v) is 12.1. The van der Waals surface area contributed by atoms with E-state index in [1.807, 2.05) is 30.3 Å². The van der Waals surface area contributed by atoms with Gasteiger partial charge in [0.15, 0.2) is 0 Å². The summed E-state index contributed by atoms with van der Waals surface area (Å²) in [5, 5.41) is 3.01. The molecule has 2 aromatic carbocycles. The fourth-order valence-electron chi connectivity index (χ4n) is 3.08. The maximum Gasteiger partial charge on any atom is 0.244 e. The molecule has 0 heterocycles. The highest BCUT2D eigenvalue weighted by atomic mass is 35.5. The Bertz CT molecular complexity index is 1010. The van der Waals surface area contributed by atoms with E-state index in [9.17, 15) is 18.0 Å². The fourth-order valence-corrected chi connectivity index (χ4v) is 4.42. The predicted octanol–water partition coefficient (Wildman–Crippen LogP) is 2.97. The highest BCUT2D eigenvalue weighted by Crippen LogP contribution is 2.27. The van der Waals surface area contributed by atoms with E-state index in [1.165, 1.54) is 30.1 Å². The molecule has 2 rings (SSSR count). The van der Waals surface area contributed by atoms with Crippen LogP contribution >= 0.6 is 23.2 Å². The van der Waals surface area contributed by atoms with Gasteiger partial charge in [0, 0.05) is 23.6 Å². The lowest BCUT2D eigenvalue weighted by Gasteiger charge is -2.31. The largest absolute Gasteiger partial charge is 0.357 e. The van der Waals surface area contributed by atoms with Gasteiger partial charge in [0.25, 0.3) is 0 Å². The molecule has 1 atom stereocenters. The SMILES string of the molecule is CNC(=O)[C@H](C)N(CCc1ccccc1)C(=O)CN(c1cc(Cl)cc(Cl)c1)S(C)(=O)=O. The van der Waals surface area contributed by atoms with Crippen LogP contribution in [0.25, 0.3) is 0 Å². The van der Waals surface area contributed by atoms with Gasteiger partial charge >= 0.3 is 0 Å². The zero-order valence-corrected chi connectivity index (χ0v) is 19.8. The van der Waals surface area contributed by atoms with Crippen molar-refractivity contribution >= 4 is 50.7 Å². The summed E-state index contributed by atoms with van der Waals surface area (Å²) in [6.45, 7) is 1.35. The second-order valence-electron chi connectivity index (χ2n) is 7.01. The molecule has 1 N–H and O–H groups in total. The van der Waals surface area contributed by atoms with Gasteiger partial charge in [0.1, 0.15) is 12.6 Å². The van der Waals surface area contributed by atoms with Crippen LogP contribution in [0.4, 0.5) is 5.69 Å². The molecule has 0 radical (unpaired) electrons. The van der Waals surface area contributed by atoms with E-state index in [2.05, 4.69) is 5.32 Å². The number of benzene rings is 2. The molecule has 0 aromatic heterocycles. The Balaban J connectivity index is 2.32. The van der Waals surface area contributed by atoms with Crippen molar-refractivity contribution in [3.05, 3.63) is 64.1 Å². The van der Waals surface area contributed by atoms with Crippen molar-refractivity contribution < 1.29 is 18.0 Å². The molecule has 2 aromatic rings. The minimum atomic E-state index is -3.83. The number of sulfonamides is 1. The van der Waals surface area contributed by atoms with E-state index in [4.69, 9.17) is 23.2 Å². The molecule has 10 heteroatoms. The lowest BCUT2D eigenvalue weighted by Crippen LogP contribution is -2.51. The van der Waals surface area contributed by atoms with Crippen molar-refractivity contribution in [2.45, 2.75) is 19.4 Å². The van der Waals surface area contributed by atoms with Crippen molar-refractivity contribution in [2.75, 3.05) is 30.7 Å². The summed E-state index contributed by atoms with van der Waals surface area (Å²) >= 11 is 12.0. The van der Waals surface area contributed by atoms with Gasteiger partial charge in [-0.25, -0.2) is 8.42 Å². The Morgan fingerprint density at radius 2 is 1.65 bits per heavy atom. The standard InChI is InChI=1S/C21H25Cl2N3O4S/c1-15(21(28)24-2)25(10-9-16-7-5-4-6-8-16)20(27)14-26(31(3,29)30)19-12-17(22)11-18(23)13-19/h4-8,11-13,15H,9-10,14H2,1-3H3,(H,24,28)/t15-/m0/s1. The Morgan fingerprint density at radius 1 is 1.06 bits per heavy atom. The van der Waals surface area contributed by atoms with Crippen LogP contribution in [-0.2, 0) is 26.0 Å². The number of carbonyl (C=O) groups is 2. The van der Waals surface area contributed by atoms with Crippen LogP contribution in [0.3, 0.4) is 0 Å². The van der Waals surface area contributed by atoms with Gasteiger partial charge in [-0.3, -0.25) is 13.9 Å². The van der Waals surface area contributed by atoms with Gasteiger partial charge in [-0.15, -0.1) is 0 Å². The van der Waals surface area contributed by atoms with Crippen LogP contribution < -0.4 is 9.62 Å². The average Bonchev–Trinajstić information content (AvgIpc) is 2.70. The van der Waals surface area contributed by atoms with Gasteiger partial charge in [0.2, 0.25) is 21.8 Å². The molecular weight excluding hydrogens is 461 g/mol. The molecule has 7 nitrogen and oxygen atoms in total. The average molecular weight is 486 g/mol. The molecule has 0 fully saturated rings. The van der Waals surface area contributed by atoms with Gasteiger partial charge in [0.05, 0.1) is 11.9 Å². The third-order valence-corrected chi connectivity index (χ3v) is 6.29. The van der Waals surface area contributed by atoms with Crippen molar-refractivity contribution in [3.8, 4) is 0 Å². The summed E-state index contributed by atoms with van der Waals surface area (Å²) < 4.78 is 25.8. The minimum Gasteiger partial charge on any atom is -0.357 e. The topological polar surface area (TPSA) is 86.8 Å². The maximum atomic E-state index is 13.2. The first-order valence-electron chi connectivity index (χ1n) is 9.51. The summed E-state index contributed by atoms with van der Waals surface area (Å²) in [5.41, 5.74) is 1.16. The number of amides is 2. The Morgan fingerprint density at radius 3 is 2.16 bits per heavy atom. The Labute approximate surface area is 193 Å². The number of hydrogen-bond donors (Lipinski definition) is 1. The number of nitrogens with zero attached hydrogens (tertiary/aromatic N) is 2. The van der Waals surface area contributed by atoms with Crippen LogP contribution in [-0.4, -0.2) is 57.6 Å². The zero-order chi connectivity index (χ0) is 23.2. The van der Waals surface area contributed by atoms with E-state index in [1.54, 1.807) is 6.92 Å². The number of likely N-dealkylation sites (N-methyl/N-ethyl adjacent to an activating group) is 1. The minimum absolute atomic E-state index is 0.170. The molecule has 0 unspecified atom stereocenters. The molecule has 168 valence electrons. The highest BCUT2D eigenvalue weighted by molar-refractivity contribution is 7.92. The third kappa shape index (κ3) is 7.12. The first kappa shape index (κ1) is 25.0.